The molecule has 0 radical (unpaired) electrons. The molecule has 3 rings (SSSR count). The molecule has 0 aliphatic carbocycles. The van der Waals surface area contributed by atoms with E-state index in [0.717, 1.165) is 18.4 Å². The second kappa shape index (κ2) is 7.65. The van der Waals surface area contributed by atoms with Crippen LogP contribution in [-0.2, 0) is 11.8 Å². The molecule has 0 aliphatic heterocycles. The average Bonchev–Trinajstić information content (AvgIpc) is 2.62. The van der Waals surface area contributed by atoms with Crippen molar-refractivity contribution in [2.45, 2.75) is 0 Å². The number of ether oxygens (including phenoxy) is 1. The standard InChI is InChI=1S/C20H15F2N2O2/c1-24-10-5-3-7-18(24)20(25)26-11-8-14-12-15(21)13-16(22)19(14)17-6-2-4-9-23-17/h2-13H,1H3/q+1/b11-8+. The summed E-state index contributed by atoms with van der Waals surface area (Å²) in [6.07, 6.45) is 5.66. The zero-order valence-corrected chi connectivity index (χ0v) is 13.9. The molecule has 0 aliphatic rings. The molecule has 3 aromatic rings. The zero-order chi connectivity index (χ0) is 18.5. The Morgan fingerprint density at radius 1 is 1.15 bits per heavy atom. The summed E-state index contributed by atoms with van der Waals surface area (Å²) in [6.45, 7) is 0. The Kier molecular flexibility index (Phi) is 5.12. The first-order valence-electron chi connectivity index (χ1n) is 7.79. The monoisotopic (exact) mass is 353 g/mol. The fourth-order valence-electron chi connectivity index (χ4n) is 2.47. The second-order valence-electron chi connectivity index (χ2n) is 5.47. The van der Waals surface area contributed by atoms with Crippen molar-refractivity contribution in [1.29, 1.82) is 0 Å². The molecule has 0 saturated heterocycles. The smallest absolute Gasteiger partial charge is 0.408 e. The minimum absolute atomic E-state index is 0.129. The topological polar surface area (TPSA) is 43.1 Å². The Labute approximate surface area is 149 Å². The van der Waals surface area contributed by atoms with Crippen LogP contribution >= 0.6 is 0 Å². The highest BCUT2D eigenvalue weighted by Crippen LogP contribution is 2.27. The quantitative estimate of drug-likeness (QED) is 0.408. The lowest BCUT2D eigenvalue weighted by molar-refractivity contribution is -0.674. The van der Waals surface area contributed by atoms with Crippen molar-refractivity contribution in [2.75, 3.05) is 0 Å². The van der Waals surface area contributed by atoms with E-state index in [1.165, 1.54) is 12.3 Å². The maximum Gasteiger partial charge on any atom is 0.408 e. The largest absolute Gasteiger partial charge is 0.426 e. The number of aryl methyl sites for hydroxylation is 1. The van der Waals surface area contributed by atoms with Crippen molar-refractivity contribution in [3.05, 3.63) is 90.1 Å². The minimum Gasteiger partial charge on any atom is -0.426 e. The summed E-state index contributed by atoms with van der Waals surface area (Å²) in [6, 6.07) is 12.1. The van der Waals surface area contributed by atoms with Crippen LogP contribution < -0.4 is 4.57 Å². The highest BCUT2D eigenvalue weighted by molar-refractivity contribution is 5.86. The van der Waals surface area contributed by atoms with Crippen LogP contribution in [0.2, 0.25) is 0 Å². The van der Waals surface area contributed by atoms with E-state index in [1.807, 2.05) is 0 Å². The number of aromatic nitrogens is 2. The van der Waals surface area contributed by atoms with Crippen LogP contribution in [0, 0.1) is 11.6 Å². The maximum absolute atomic E-state index is 14.3. The highest BCUT2D eigenvalue weighted by Gasteiger charge is 2.17. The predicted molar refractivity (Wildman–Crippen MR) is 91.7 cm³/mol. The lowest BCUT2D eigenvalue weighted by Gasteiger charge is -2.07. The second-order valence-corrected chi connectivity index (χ2v) is 5.47. The van der Waals surface area contributed by atoms with Gasteiger partial charge in [-0.15, -0.1) is 0 Å². The number of halogens is 2. The molecule has 0 bridgehead atoms. The van der Waals surface area contributed by atoms with Gasteiger partial charge < -0.3 is 4.74 Å². The number of rotatable bonds is 4. The molecule has 6 heteroatoms. The number of hydrogen-bond acceptors (Lipinski definition) is 3. The van der Waals surface area contributed by atoms with E-state index in [-0.39, 0.29) is 11.1 Å². The van der Waals surface area contributed by atoms with Crippen LogP contribution in [0.3, 0.4) is 0 Å². The van der Waals surface area contributed by atoms with Gasteiger partial charge in [0.1, 0.15) is 18.7 Å². The van der Waals surface area contributed by atoms with Crippen molar-refractivity contribution in [3.8, 4) is 11.3 Å². The Bertz CT molecular complexity index is 973. The van der Waals surface area contributed by atoms with Gasteiger partial charge in [0.05, 0.1) is 12.0 Å². The summed E-state index contributed by atoms with van der Waals surface area (Å²) in [5, 5.41) is 0. The SMILES string of the molecule is C[n+]1ccccc1C(=O)O/C=C/c1cc(F)cc(F)c1-c1ccccn1. The minimum atomic E-state index is -0.746. The van der Waals surface area contributed by atoms with Gasteiger partial charge in [-0.3, -0.25) is 4.98 Å². The van der Waals surface area contributed by atoms with E-state index < -0.39 is 17.6 Å². The number of benzene rings is 1. The molecular weight excluding hydrogens is 338 g/mol. The highest BCUT2D eigenvalue weighted by atomic mass is 19.1. The Balaban J connectivity index is 1.89. The van der Waals surface area contributed by atoms with Gasteiger partial charge >= 0.3 is 5.97 Å². The summed E-state index contributed by atoms with van der Waals surface area (Å²) >= 11 is 0. The number of hydrogen-bond donors (Lipinski definition) is 0. The van der Waals surface area contributed by atoms with Crippen molar-refractivity contribution >= 4 is 12.0 Å². The molecule has 130 valence electrons. The molecule has 0 unspecified atom stereocenters. The fraction of sp³-hybridized carbons (Fsp3) is 0.0500. The normalized spacial score (nSPS) is 10.9. The van der Waals surface area contributed by atoms with Crippen molar-refractivity contribution in [3.63, 3.8) is 0 Å². The molecule has 1 aromatic carbocycles. The molecule has 4 nitrogen and oxygen atoms in total. The molecule has 0 atom stereocenters. The Hall–Kier alpha value is -3.41. The van der Waals surface area contributed by atoms with Gasteiger partial charge in [-0.1, -0.05) is 6.07 Å². The van der Waals surface area contributed by atoms with Crippen LogP contribution in [0.15, 0.2) is 67.2 Å². The first-order valence-corrected chi connectivity index (χ1v) is 7.79. The molecule has 0 amide bonds. The van der Waals surface area contributed by atoms with Gasteiger partial charge in [-0.2, -0.15) is 4.57 Å². The summed E-state index contributed by atoms with van der Waals surface area (Å²) < 4.78 is 34.6. The van der Waals surface area contributed by atoms with Gasteiger partial charge in [-0.25, -0.2) is 13.6 Å². The van der Waals surface area contributed by atoms with Gasteiger partial charge in [0.25, 0.3) is 5.69 Å². The summed E-state index contributed by atoms with van der Waals surface area (Å²) in [4.78, 5) is 16.2. The van der Waals surface area contributed by atoms with E-state index in [4.69, 9.17) is 4.74 Å². The first-order chi connectivity index (χ1) is 12.6. The third-order valence-electron chi connectivity index (χ3n) is 3.69. The van der Waals surface area contributed by atoms with Crippen LogP contribution in [-0.4, -0.2) is 11.0 Å². The molecule has 26 heavy (non-hydrogen) atoms. The average molecular weight is 353 g/mol. The van der Waals surface area contributed by atoms with Crippen molar-refractivity contribution in [2.24, 2.45) is 7.05 Å². The van der Waals surface area contributed by atoms with E-state index in [0.29, 0.717) is 11.4 Å². The van der Waals surface area contributed by atoms with Crippen LogP contribution in [0.5, 0.6) is 0 Å². The molecule has 0 fully saturated rings. The Morgan fingerprint density at radius 2 is 1.96 bits per heavy atom. The van der Waals surface area contributed by atoms with Gasteiger partial charge in [0.15, 0.2) is 6.20 Å². The number of nitrogens with zero attached hydrogens (tertiary/aromatic N) is 2. The van der Waals surface area contributed by atoms with E-state index in [2.05, 4.69) is 4.98 Å². The molecule has 0 spiro atoms. The Morgan fingerprint density at radius 3 is 2.69 bits per heavy atom. The molecular formula is C20H15F2N2O2+. The summed E-state index contributed by atoms with van der Waals surface area (Å²) in [5.41, 5.74) is 1.04. The number of carbonyl (C=O) groups is 1. The lowest BCUT2D eigenvalue weighted by atomic mass is 10.0. The van der Waals surface area contributed by atoms with Crippen LogP contribution in [0.1, 0.15) is 16.1 Å². The van der Waals surface area contributed by atoms with Crippen LogP contribution in [0.25, 0.3) is 17.3 Å². The van der Waals surface area contributed by atoms with E-state index in [1.54, 1.807) is 54.2 Å². The van der Waals surface area contributed by atoms with Gasteiger partial charge in [0, 0.05) is 30.0 Å². The number of pyridine rings is 2. The van der Waals surface area contributed by atoms with Crippen LogP contribution in [0.4, 0.5) is 8.78 Å². The first kappa shape index (κ1) is 17.4. The third-order valence-corrected chi connectivity index (χ3v) is 3.69. The van der Waals surface area contributed by atoms with Gasteiger partial charge in [-0.05, 0) is 35.9 Å². The molecule has 2 aromatic heterocycles. The third kappa shape index (κ3) is 3.80. The molecule has 0 saturated carbocycles. The number of carbonyl (C=O) groups excluding carboxylic acids is 1. The zero-order valence-electron chi connectivity index (χ0n) is 13.9. The van der Waals surface area contributed by atoms with Gasteiger partial charge in [0.2, 0.25) is 0 Å². The van der Waals surface area contributed by atoms with E-state index in [9.17, 15) is 13.6 Å². The summed E-state index contributed by atoms with van der Waals surface area (Å²) in [7, 11) is 1.71. The molecule has 0 N–H and O–H groups in total. The lowest BCUT2D eigenvalue weighted by Crippen LogP contribution is -2.35. The maximum atomic E-state index is 14.3. The number of esters is 1. The molecule has 2 heterocycles. The van der Waals surface area contributed by atoms with E-state index >= 15 is 0 Å². The van der Waals surface area contributed by atoms with Crippen molar-refractivity contribution in [1.82, 2.24) is 4.98 Å². The summed E-state index contributed by atoms with van der Waals surface area (Å²) in [5.74, 6) is -2.06. The predicted octanol–water partition coefficient (Wildman–Crippen LogP) is 3.68. The fourth-order valence-corrected chi connectivity index (χ4v) is 2.47. The van der Waals surface area contributed by atoms with Crippen molar-refractivity contribution < 1.29 is 22.9 Å².